The number of hydrogen-bond acceptors (Lipinski definition) is 4. The first-order chi connectivity index (χ1) is 13.1. The second kappa shape index (κ2) is 7.33. The fourth-order valence-electron chi connectivity index (χ4n) is 2.83. The van der Waals surface area contributed by atoms with Crippen LogP contribution in [0.1, 0.15) is 24.2 Å². The smallest absolute Gasteiger partial charge is 0.335 e. The van der Waals surface area contributed by atoms with Gasteiger partial charge in [-0.3, -0.25) is 14.5 Å². The normalized spacial score (nSPS) is 14.9. The third kappa shape index (κ3) is 4.05. The minimum absolute atomic E-state index is 0.0156. The Labute approximate surface area is 170 Å². The van der Waals surface area contributed by atoms with Crippen molar-refractivity contribution in [2.24, 2.45) is 0 Å². The van der Waals surface area contributed by atoms with E-state index in [4.69, 9.17) is 33.0 Å². The Morgan fingerprint density at radius 1 is 1.14 bits per heavy atom. The SMILES string of the molecule is CC1(C)Oc2cc(C(=O)O)ccc2N(CC(=O)Nc2cc(Cl)cc(Cl)c2)C1=O. The highest BCUT2D eigenvalue weighted by Crippen LogP contribution is 2.38. The van der Waals surface area contributed by atoms with E-state index in [0.29, 0.717) is 21.4 Å². The number of nitrogens with one attached hydrogen (secondary N) is 1. The largest absolute Gasteiger partial charge is 0.478 e. The molecule has 0 atom stereocenters. The molecule has 7 nitrogen and oxygen atoms in total. The van der Waals surface area contributed by atoms with Crippen LogP contribution in [0.25, 0.3) is 0 Å². The summed E-state index contributed by atoms with van der Waals surface area (Å²) in [6, 6.07) is 8.71. The Hall–Kier alpha value is -2.77. The van der Waals surface area contributed by atoms with Gasteiger partial charge in [0.1, 0.15) is 12.3 Å². The molecule has 1 heterocycles. The number of carboxylic acids is 1. The zero-order chi connectivity index (χ0) is 20.6. The lowest BCUT2D eigenvalue weighted by atomic mass is 10.0. The molecular weight excluding hydrogens is 407 g/mol. The lowest BCUT2D eigenvalue weighted by Crippen LogP contribution is -2.54. The summed E-state index contributed by atoms with van der Waals surface area (Å²) in [5, 5.41) is 12.5. The van der Waals surface area contributed by atoms with E-state index in [9.17, 15) is 14.4 Å². The number of fused-ring (bicyclic) bond motifs is 1. The fourth-order valence-corrected chi connectivity index (χ4v) is 3.36. The molecule has 1 aliphatic rings. The number of carbonyl (C=O) groups excluding carboxylic acids is 2. The van der Waals surface area contributed by atoms with Gasteiger partial charge in [0.25, 0.3) is 5.91 Å². The summed E-state index contributed by atoms with van der Waals surface area (Å²) in [5.74, 6) is -1.81. The Morgan fingerprint density at radius 2 is 1.79 bits per heavy atom. The van der Waals surface area contributed by atoms with Crippen molar-refractivity contribution in [3.8, 4) is 5.75 Å². The Bertz CT molecular complexity index is 970. The van der Waals surface area contributed by atoms with Crippen LogP contribution in [0.15, 0.2) is 36.4 Å². The van der Waals surface area contributed by atoms with Crippen LogP contribution >= 0.6 is 23.2 Å². The molecular formula is C19H16Cl2N2O5. The summed E-state index contributed by atoms with van der Waals surface area (Å²) < 4.78 is 5.66. The lowest BCUT2D eigenvalue weighted by molar-refractivity contribution is -0.133. The predicted molar refractivity (Wildman–Crippen MR) is 106 cm³/mol. The molecule has 2 amide bonds. The van der Waals surface area contributed by atoms with Gasteiger partial charge in [-0.15, -0.1) is 0 Å². The van der Waals surface area contributed by atoms with E-state index in [1.54, 1.807) is 13.8 Å². The monoisotopic (exact) mass is 422 g/mol. The van der Waals surface area contributed by atoms with Crippen LogP contribution < -0.4 is 15.0 Å². The molecule has 3 rings (SSSR count). The quantitative estimate of drug-likeness (QED) is 0.779. The van der Waals surface area contributed by atoms with Gasteiger partial charge < -0.3 is 15.2 Å². The summed E-state index contributed by atoms with van der Waals surface area (Å²) >= 11 is 11.9. The molecule has 0 aromatic heterocycles. The van der Waals surface area contributed by atoms with Gasteiger partial charge in [0.15, 0.2) is 5.60 Å². The number of carboxylic acid groups (broad SMARTS) is 1. The summed E-state index contributed by atoms with van der Waals surface area (Å²) in [6.07, 6.45) is 0. The van der Waals surface area contributed by atoms with Crippen molar-refractivity contribution in [1.82, 2.24) is 0 Å². The molecule has 0 saturated carbocycles. The molecule has 1 aliphatic heterocycles. The number of ether oxygens (including phenoxy) is 1. The summed E-state index contributed by atoms with van der Waals surface area (Å²) in [4.78, 5) is 37.8. The average Bonchev–Trinajstić information content (AvgIpc) is 2.57. The zero-order valence-electron chi connectivity index (χ0n) is 15.0. The first-order valence-electron chi connectivity index (χ1n) is 8.21. The van der Waals surface area contributed by atoms with Crippen molar-refractivity contribution in [2.75, 3.05) is 16.8 Å². The molecule has 0 saturated heterocycles. The van der Waals surface area contributed by atoms with Crippen LogP contribution in [0, 0.1) is 0 Å². The molecule has 0 aliphatic carbocycles. The van der Waals surface area contributed by atoms with E-state index < -0.39 is 23.4 Å². The maximum Gasteiger partial charge on any atom is 0.335 e. The molecule has 0 radical (unpaired) electrons. The Morgan fingerprint density at radius 3 is 2.39 bits per heavy atom. The van der Waals surface area contributed by atoms with Crippen LogP contribution in [0.4, 0.5) is 11.4 Å². The minimum atomic E-state index is -1.26. The number of amides is 2. The lowest BCUT2D eigenvalue weighted by Gasteiger charge is -2.38. The van der Waals surface area contributed by atoms with Crippen molar-refractivity contribution >= 4 is 52.4 Å². The average molecular weight is 423 g/mol. The first kappa shape index (κ1) is 20.0. The second-order valence-electron chi connectivity index (χ2n) is 6.70. The third-order valence-electron chi connectivity index (χ3n) is 4.07. The van der Waals surface area contributed by atoms with Crippen LogP contribution in [0.3, 0.4) is 0 Å². The van der Waals surface area contributed by atoms with E-state index >= 15 is 0 Å². The second-order valence-corrected chi connectivity index (χ2v) is 7.57. The van der Waals surface area contributed by atoms with Crippen molar-refractivity contribution < 1.29 is 24.2 Å². The van der Waals surface area contributed by atoms with Crippen molar-refractivity contribution in [3.63, 3.8) is 0 Å². The number of hydrogen-bond donors (Lipinski definition) is 2. The van der Waals surface area contributed by atoms with Crippen LogP contribution in [-0.2, 0) is 9.59 Å². The molecule has 9 heteroatoms. The van der Waals surface area contributed by atoms with E-state index in [2.05, 4.69) is 5.32 Å². The zero-order valence-corrected chi connectivity index (χ0v) is 16.5. The summed E-state index contributed by atoms with van der Waals surface area (Å²) in [5.41, 5.74) is -0.538. The van der Waals surface area contributed by atoms with Crippen LogP contribution in [-0.4, -0.2) is 35.0 Å². The number of halogens is 2. The van der Waals surface area contributed by atoms with E-state index in [1.165, 1.54) is 41.3 Å². The summed E-state index contributed by atoms with van der Waals surface area (Å²) in [6.45, 7) is 2.80. The minimum Gasteiger partial charge on any atom is -0.478 e. The first-order valence-corrected chi connectivity index (χ1v) is 8.97. The van der Waals surface area contributed by atoms with E-state index in [-0.39, 0.29) is 17.9 Å². The number of nitrogens with zero attached hydrogens (tertiary/aromatic N) is 1. The van der Waals surface area contributed by atoms with Gasteiger partial charge in [-0.2, -0.15) is 0 Å². The van der Waals surface area contributed by atoms with E-state index in [0.717, 1.165) is 0 Å². The molecule has 146 valence electrons. The molecule has 0 spiro atoms. The van der Waals surface area contributed by atoms with Crippen molar-refractivity contribution in [3.05, 3.63) is 52.0 Å². The third-order valence-corrected chi connectivity index (χ3v) is 4.51. The van der Waals surface area contributed by atoms with Gasteiger partial charge >= 0.3 is 5.97 Å². The molecule has 2 N–H and O–H groups in total. The van der Waals surface area contributed by atoms with Crippen molar-refractivity contribution in [1.29, 1.82) is 0 Å². The molecule has 0 fully saturated rings. The van der Waals surface area contributed by atoms with Crippen LogP contribution in [0.5, 0.6) is 5.75 Å². The van der Waals surface area contributed by atoms with Gasteiger partial charge in [-0.25, -0.2) is 4.79 Å². The summed E-state index contributed by atoms with van der Waals surface area (Å²) in [7, 11) is 0. The molecule has 2 aromatic rings. The van der Waals surface area contributed by atoms with Gasteiger partial charge in [0.05, 0.1) is 11.3 Å². The molecule has 0 unspecified atom stereocenters. The van der Waals surface area contributed by atoms with Gasteiger partial charge in [-0.05, 0) is 50.2 Å². The van der Waals surface area contributed by atoms with Crippen molar-refractivity contribution in [2.45, 2.75) is 19.4 Å². The van der Waals surface area contributed by atoms with Gasteiger partial charge in [0, 0.05) is 15.7 Å². The Kier molecular flexibility index (Phi) is 5.23. The Balaban J connectivity index is 1.89. The standard InChI is InChI=1S/C19H16Cl2N2O5/c1-19(2)18(27)23(14-4-3-10(17(25)26)5-15(14)28-19)9-16(24)22-13-7-11(20)6-12(21)8-13/h3-8H,9H2,1-2H3,(H,22,24)(H,25,26). The number of rotatable bonds is 4. The molecule has 0 bridgehead atoms. The van der Waals surface area contributed by atoms with Crippen LogP contribution in [0.2, 0.25) is 10.0 Å². The number of aromatic carboxylic acids is 1. The number of benzene rings is 2. The predicted octanol–water partition coefficient (Wildman–Crippen LogP) is 3.83. The maximum atomic E-state index is 12.8. The highest BCUT2D eigenvalue weighted by Gasteiger charge is 2.41. The van der Waals surface area contributed by atoms with Gasteiger partial charge in [-0.1, -0.05) is 23.2 Å². The number of anilines is 2. The molecule has 2 aromatic carbocycles. The fraction of sp³-hybridized carbons (Fsp3) is 0.211. The van der Waals surface area contributed by atoms with E-state index in [1.807, 2.05) is 0 Å². The maximum absolute atomic E-state index is 12.8. The highest BCUT2D eigenvalue weighted by molar-refractivity contribution is 6.35. The highest BCUT2D eigenvalue weighted by atomic mass is 35.5. The topological polar surface area (TPSA) is 95.9 Å². The molecule has 28 heavy (non-hydrogen) atoms. The number of carbonyl (C=O) groups is 3. The van der Waals surface area contributed by atoms with Gasteiger partial charge in [0.2, 0.25) is 5.91 Å².